The number of ether oxygens (including phenoxy) is 2. The maximum Gasteiger partial charge on any atom is 0.371 e. The molecule has 0 aliphatic heterocycles. The Morgan fingerprint density at radius 3 is 2.62 bits per heavy atom. The quantitative estimate of drug-likeness (QED) is 0.600. The van der Waals surface area contributed by atoms with Crippen LogP contribution in [0.5, 0.6) is 0 Å². The van der Waals surface area contributed by atoms with Gasteiger partial charge in [0.25, 0.3) is 0 Å². The highest BCUT2D eigenvalue weighted by molar-refractivity contribution is 8.13. The Labute approximate surface area is 97.9 Å². The van der Waals surface area contributed by atoms with Crippen LogP contribution in [0.2, 0.25) is 0 Å². The van der Waals surface area contributed by atoms with Gasteiger partial charge in [-0.15, -0.1) is 0 Å². The van der Waals surface area contributed by atoms with Gasteiger partial charge in [0.15, 0.2) is 0 Å². The Hall–Kier alpha value is -1.49. The summed E-state index contributed by atoms with van der Waals surface area (Å²) in [6, 6.07) is 6.75. The molecular formula is C11H12O4S. The second-order valence-corrected chi connectivity index (χ2v) is 3.75. The first-order chi connectivity index (χ1) is 7.69. The highest BCUT2D eigenvalue weighted by Gasteiger charge is 2.15. The molecular weight excluding hydrogens is 228 g/mol. The first kappa shape index (κ1) is 12.6. The zero-order chi connectivity index (χ0) is 12.0. The Bertz CT molecular complexity index is 389. The molecule has 1 aromatic carbocycles. The van der Waals surface area contributed by atoms with Gasteiger partial charge in [-0.3, -0.25) is 0 Å². The van der Waals surface area contributed by atoms with Crippen molar-refractivity contribution in [1.82, 2.24) is 0 Å². The van der Waals surface area contributed by atoms with Gasteiger partial charge >= 0.3 is 11.3 Å². The van der Waals surface area contributed by atoms with Crippen LogP contribution in [0.1, 0.15) is 17.3 Å². The van der Waals surface area contributed by atoms with E-state index in [1.54, 1.807) is 31.2 Å². The van der Waals surface area contributed by atoms with Crippen molar-refractivity contribution in [2.75, 3.05) is 13.7 Å². The van der Waals surface area contributed by atoms with Crippen LogP contribution < -0.4 is 0 Å². The van der Waals surface area contributed by atoms with Gasteiger partial charge in [0.1, 0.15) is 0 Å². The third-order valence-electron chi connectivity index (χ3n) is 1.74. The molecule has 5 heteroatoms. The fraction of sp³-hybridized carbons (Fsp3) is 0.273. The predicted molar refractivity (Wildman–Crippen MR) is 60.7 cm³/mol. The van der Waals surface area contributed by atoms with Gasteiger partial charge in [0, 0.05) is 4.90 Å². The van der Waals surface area contributed by atoms with Crippen molar-refractivity contribution in [3.8, 4) is 0 Å². The van der Waals surface area contributed by atoms with E-state index in [1.807, 2.05) is 0 Å². The molecule has 0 aliphatic carbocycles. The van der Waals surface area contributed by atoms with Crippen molar-refractivity contribution in [2.45, 2.75) is 11.8 Å². The minimum absolute atomic E-state index is 0.302. The third-order valence-corrected chi connectivity index (χ3v) is 2.65. The number of methoxy groups -OCH3 is 1. The standard InChI is InChI=1S/C11H12O4S/c1-3-15-10(12)8-6-4-5-7-9(8)16-11(13)14-2/h4-7H,3H2,1-2H3. The minimum Gasteiger partial charge on any atom is -0.462 e. The molecule has 86 valence electrons. The molecule has 0 saturated carbocycles. The van der Waals surface area contributed by atoms with E-state index in [0.717, 1.165) is 11.8 Å². The highest BCUT2D eigenvalue weighted by atomic mass is 32.2. The number of benzene rings is 1. The van der Waals surface area contributed by atoms with E-state index in [0.29, 0.717) is 17.1 Å². The Morgan fingerprint density at radius 1 is 1.31 bits per heavy atom. The molecule has 0 saturated heterocycles. The van der Waals surface area contributed by atoms with E-state index in [2.05, 4.69) is 4.74 Å². The number of rotatable bonds is 3. The molecule has 0 amide bonds. The SMILES string of the molecule is CCOC(=O)c1ccccc1SC(=O)OC. The monoisotopic (exact) mass is 240 g/mol. The van der Waals surface area contributed by atoms with Gasteiger partial charge in [-0.05, 0) is 30.8 Å². The number of carbonyl (C=O) groups is 2. The Balaban J connectivity index is 2.91. The first-order valence-electron chi connectivity index (χ1n) is 4.71. The van der Waals surface area contributed by atoms with Gasteiger partial charge in [0.05, 0.1) is 19.3 Å². The van der Waals surface area contributed by atoms with Crippen LogP contribution >= 0.6 is 11.8 Å². The van der Waals surface area contributed by atoms with Crippen LogP contribution in [-0.4, -0.2) is 25.0 Å². The molecule has 0 unspecified atom stereocenters. The highest BCUT2D eigenvalue weighted by Crippen LogP contribution is 2.24. The van der Waals surface area contributed by atoms with Crippen molar-refractivity contribution in [1.29, 1.82) is 0 Å². The predicted octanol–water partition coefficient (Wildman–Crippen LogP) is 2.72. The molecule has 0 aromatic heterocycles. The van der Waals surface area contributed by atoms with Crippen LogP contribution in [0.15, 0.2) is 29.2 Å². The smallest absolute Gasteiger partial charge is 0.371 e. The molecule has 16 heavy (non-hydrogen) atoms. The van der Waals surface area contributed by atoms with Crippen LogP contribution in [0.3, 0.4) is 0 Å². The summed E-state index contributed by atoms with van der Waals surface area (Å²) in [4.78, 5) is 23.2. The second-order valence-electron chi connectivity index (χ2n) is 2.77. The maximum atomic E-state index is 11.5. The van der Waals surface area contributed by atoms with Crippen molar-refractivity contribution in [2.24, 2.45) is 0 Å². The number of thioether (sulfide) groups is 1. The molecule has 0 aliphatic rings. The fourth-order valence-corrected chi connectivity index (χ4v) is 1.74. The second kappa shape index (κ2) is 6.17. The molecule has 0 N–H and O–H groups in total. The average Bonchev–Trinajstić information content (AvgIpc) is 2.30. The number of carbonyl (C=O) groups excluding carboxylic acids is 2. The molecule has 0 fully saturated rings. The lowest BCUT2D eigenvalue weighted by atomic mass is 10.2. The van der Waals surface area contributed by atoms with E-state index in [1.165, 1.54) is 7.11 Å². The largest absolute Gasteiger partial charge is 0.462 e. The first-order valence-corrected chi connectivity index (χ1v) is 5.52. The molecule has 0 radical (unpaired) electrons. The van der Waals surface area contributed by atoms with E-state index in [-0.39, 0.29) is 0 Å². The van der Waals surface area contributed by atoms with E-state index >= 15 is 0 Å². The average molecular weight is 240 g/mol. The van der Waals surface area contributed by atoms with Crippen molar-refractivity contribution in [3.63, 3.8) is 0 Å². The molecule has 0 atom stereocenters. The lowest BCUT2D eigenvalue weighted by Gasteiger charge is -2.06. The summed E-state index contributed by atoms with van der Waals surface area (Å²) < 4.78 is 9.40. The number of hydrogen-bond acceptors (Lipinski definition) is 5. The minimum atomic E-state index is -0.461. The van der Waals surface area contributed by atoms with Crippen LogP contribution in [0.25, 0.3) is 0 Å². The lowest BCUT2D eigenvalue weighted by Crippen LogP contribution is -2.06. The molecule has 1 rings (SSSR count). The van der Waals surface area contributed by atoms with Gasteiger partial charge in [0.2, 0.25) is 0 Å². The summed E-state index contributed by atoms with van der Waals surface area (Å²) in [5.74, 6) is -0.436. The maximum absolute atomic E-state index is 11.5. The van der Waals surface area contributed by atoms with E-state index in [4.69, 9.17) is 4.74 Å². The van der Waals surface area contributed by atoms with Gasteiger partial charge in [-0.25, -0.2) is 9.59 Å². The zero-order valence-corrected chi connectivity index (χ0v) is 9.87. The van der Waals surface area contributed by atoms with Crippen LogP contribution in [0.4, 0.5) is 4.79 Å². The van der Waals surface area contributed by atoms with Crippen molar-refractivity contribution >= 4 is 23.0 Å². The molecule has 1 aromatic rings. The van der Waals surface area contributed by atoms with Gasteiger partial charge < -0.3 is 9.47 Å². The van der Waals surface area contributed by atoms with E-state index in [9.17, 15) is 9.59 Å². The number of hydrogen-bond donors (Lipinski definition) is 0. The summed E-state index contributed by atoms with van der Waals surface area (Å²) in [7, 11) is 1.29. The summed E-state index contributed by atoms with van der Waals surface area (Å²) in [5, 5.41) is -0.461. The van der Waals surface area contributed by atoms with Crippen molar-refractivity contribution < 1.29 is 19.1 Å². The summed E-state index contributed by atoms with van der Waals surface area (Å²) in [6.45, 7) is 2.03. The Morgan fingerprint density at radius 2 is 2.00 bits per heavy atom. The molecule has 4 nitrogen and oxygen atoms in total. The fourth-order valence-electron chi connectivity index (χ4n) is 1.06. The lowest BCUT2D eigenvalue weighted by molar-refractivity contribution is 0.0522. The molecule has 0 bridgehead atoms. The van der Waals surface area contributed by atoms with Gasteiger partial charge in [-0.1, -0.05) is 12.1 Å². The van der Waals surface area contributed by atoms with Gasteiger partial charge in [-0.2, -0.15) is 0 Å². The summed E-state index contributed by atoms with van der Waals surface area (Å²) in [6.07, 6.45) is 0. The zero-order valence-electron chi connectivity index (χ0n) is 9.06. The molecule has 0 spiro atoms. The molecule has 0 heterocycles. The Kier molecular flexibility index (Phi) is 4.85. The van der Waals surface area contributed by atoms with Crippen LogP contribution in [-0.2, 0) is 9.47 Å². The number of esters is 1. The summed E-state index contributed by atoms with van der Waals surface area (Å²) in [5.41, 5.74) is 0.375. The van der Waals surface area contributed by atoms with E-state index < -0.39 is 11.3 Å². The topological polar surface area (TPSA) is 52.6 Å². The summed E-state index contributed by atoms with van der Waals surface area (Å²) >= 11 is 0.862. The van der Waals surface area contributed by atoms with Crippen molar-refractivity contribution in [3.05, 3.63) is 29.8 Å². The van der Waals surface area contributed by atoms with Crippen LogP contribution in [0, 0.1) is 0 Å². The normalized spacial score (nSPS) is 9.62. The third kappa shape index (κ3) is 3.27.